The van der Waals surface area contributed by atoms with Crippen LogP contribution in [-0.4, -0.2) is 48.1 Å². The zero-order chi connectivity index (χ0) is 17.8. The van der Waals surface area contributed by atoms with E-state index in [0.717, 1.165) is 11.1 Å². The Labute approximate surface area is 138 Å². The summed E-state index contributed by atoms with van der Waals surface area (Å²) in [4.78, 5) is 25.9. The molecule has 0 radical (unpaired) electrons. The summed E-state index contributed by atoms with van der Waals surface area (Å²) in [5.41, 5.74) is 2.32. The van der Waals surface area contributed by atoms with Crippen LogP contribution in [-0.2, 0) is 4.79 Å². The van der Waals surface area contributed by atoms with Crippen LogP contribution in [0.5, 0.6) is 0 Å². The molecule has 0 fully saturated rings. The second kappa shape index (κ2) is 7.59. The van der Waals surface area contributed by atoms with Gasteiger partial charge in [-0.25, -0.2) is 0 Å². The number of amides is 2. The molecule has 2 N–H and O–H groups in total. The molecule has 0 aliphatic carbocycles. The minimum atomic E-state index is -0.298. The van der Waals surface area contributed by atoms with Gasteiger partial charge < -0.3 is 15.3 Å². The Morgan fingerprint density at radius 3 is 2.13 bits per heavy atom. The van der Waals surface area contributed by atoms with Crippen molar-refractivity contribution in [3.05, 3.63) is 34.9 Å². The summed E-state index contributed by atoms with van der Waals surface area (Å²) in [5, 5.41) is 12.2. The van der Waals surface area contributed by atoms with Gasteiger partial charge in [-0.2, -0.15) is 0 Å². The number of hydrogen-bond donors (Lipinski definition) is 2. The second-order valence-electron chi connectivity index (χ2n) is 7.13. The summed E-state index contributed by atoms with van der Waals surface area (Å²) in [5.74, 6) is -0.494. The maximum absolute atomic E-state index is 12.3. The maximum atomic E-state index is 12.3. The molecule has 1 unspecified atom stereocenters. The number of nitrogens with one attached hydrogen (secondary N) is 1. The number of carbonyl (C=O) groups excluding carboxylic acids is 2. The van der Waals surface area contributed by atoms with Crippen molar-refractivity contribution in [3.8, 4) is 0 Å². The first-order valence-electron chi connectivity index (χ1n) is 7.79. The van der Waals surface area contributed by atoms with Gasteiger partial charge in [0.25, 0.3) is 5.91 Å². The van der Waals surface area contributed by atoms with Crippen molar-refractivity contribution in [2.75, 3.05) is 20.2 Å². The molecule has 1 atom stereocenters. The van der Waals surface area contributed by atoms with Crippen molar-refractivity contribution in [3.63, 3.8) is 0 Å². The molecule has 5 nitrogen and oxygen atoms in total. The van der Waals surface area contributed by atoms with Gasteiger partial charge in [0, 0.05) is 12.6 Å². The molecule has 0 bridgehead atoms. The minimum Gasteiger partial charge on any atom is -0.394 e. The zero-order valence-corrected chi connectivity index (χ0v) is 14.9. The fourth-order valence-corrected chi connectivity index (χ4v) is 2.64. The van der Waals surface area contributed by atoms with Crippen molar-refractivity contribution in [2.24, 2.45) is 5.41 Å². The molecule has 1 aromatic carbocycles. The lowest BCUT2D eigenvalue weighted by atomic mass is 9.86. The first-order valence-corrected chi connectivity index (χ1v) is 7.79. The molecule has 1 aromatic rings. The summed E-state index contributed by atoms with van der Waals surface area (Å²) >= 11 is 0. The average Bonchev–Trinajstić information content (AvgIpc) is 2.42. The minimum absolute atomic E-state index is 0.0884. The predicted octanol–water partition coefficient (Wildman–Crippen LogP) is 1.90. The molecule has 0 heterocycles. The van der Waals surface area contributed by atoms with E-state index in [0.29, 0.717) is 5.56 Å². The van der Waals surface area contributed by atoms with E-state index >= 15 is 0 Å². The topological polar surface area (TPSA) is 69.6 Å². The highest BCUT2D eigenvalue weighted by molar-refractivity contribution is 5.96. The van der Waals surface area contributed by atoms with Crippen LogP contribution >= 0.6 is 0 Å². The van der Waals surface area contributed by atoms with Gasteiger partial charge in [-0.05, 0) is 31.4 Å². The first-order chi connectivity index (χ1) is 10.6. The van der Waals surface area contributed by atoms with Crippen molar-refractivity contribution in [1.82, 2.24) is 10.2 Å². The van der Waals surface area contributed by atoms with E-state index in [1.165, 1.54) is 4.90 Å². The third-order valence-electron chi connectivity index (χ3n) is 3.92. The smallest absolute Gasteiger partial charge is 0.251 e. The van der Waals surface area contributed by atoms with E-state index in [1.54, 1.807) is 19.2 Å². The fraction of sp³-hybridized carbons (Fsp3) is 0.556. The third-order valence-corrected chi connectivity index (χ3v) is 3.92. The van der Waals surface area contributed by atoms with Crippen LogP contribution < -0.4 is 5.32 Å². The molecule has 2 amide bonds. The van der Waals surface area contributed by atoms with E-state index in [-0.39, 0.29) is 36.4 Å². The van der Waals surface area contributed by atoms with Gasteiger partial charge in [0.05, 0.1) is 19.2 Å². The largest absolute Gasteiger partial charge is 0.394 e. The Balaban J connectivity index is 2.70. The van der Waals surface area contributed by atoms with Gasteiger partial charge in [0.1, 0.15) is 0 Å². The third kappa shape index (κ3) is 5.36. The molecule has 0 spiro atoms. The monoisotopic (exact) mass is 320 g/mol. The first kappa shape index (κ1) is 19.2. The number of aryl methyl sites for hydroxylation is 2. The highest BCUT2D eigenvalue weighted by Crippen LogP contribution is 2.23. The molecule has 23 heavy (non-hydrogen) atoms. The molecule has 1 rings (SSSR count). The van der Waals surface area contributed by atoms with Crippen LogP contribution in [0.3, 0.4) is 0 Å². The number of hydrogen-bond acceptors (Lipinski definition) is 3. The Morgan fingerprint density at radius 2 is 1.70 bits per heavy atom. The summed E-state index contributed by atoms with van der Waals surface area (Å²) in [6, 6.07) is 5.28. The summed E-state index contributed by atoms with van der Waals surface area (Å²) in [7, 11) is 1.65. The zero-order valence-electron chi connectivity index (χ0n) is 14.9. The maximum Gasteiger partial charge on any atom is 0.251 e. The van der Waals surface area contributed by atoms with Crippen molar-refractivity contribution >= 4 is 11.8 Å². The fourth-order valence-electron chi connectivity index (χ4n) is 2.64. The molecular formula is C18H28N2O3. The lowest BCUT2D eigenvalue weighted by Crippen LogP contribution is -2.50. The van der Waals surface area contributed by atoms with E-state index in [1.807, 2.05) is 40.7 Å². The molecule has 5 heteroatoms. The molecule has 0 aliphatic heterocycles. The van der Waals surface area contributed by atoms with Gasteiger partial charge in [-0.1, -0.05) is 38.0 Å². The molecule has 0 saturated heterocycles. The van der Waals surface area contributed by atoms with Crippen molar-refractivity contribution < 1.29 is 14.7 Å². The van der Waals surface area contributed by atoms with Crippen LogP contribution in [0.1, 0.15) is 42.3 Å². The Morgan fingerprint density at radius 1 is 1.17 bits per heavy atom. The number of aliphatic hydroxyl groups excluding tert-OH is 1. The summed E-state index contributed by atoms with van der Waals surface area (Å²) in [6.07, 6.45) is 0. The molecule has 0 aliphatic rings. The normalized spacial score (nSPS) is 12.7. The van der Waals surface area contributed by atoms with Crippen LogP contribution in [0.2, 0.25) is 0 Å². The standard InChI is InChI=1S/C18H28N2O3/c1-12-7-13(2)9-14(8-12)17(23)19-10-16(22)20(6)15(11-21)18(3,4)5/h7-9,15,21H,10-11H2,1-6H3,(H,19,23). The van der Waals surface area contributed by atoms with E-state index in [2.05, 4.69) is 5.32 Å². The van der Waals surface area contributed by atoms with Crippen molar-refractivity contribution in [1.29, 1.82) is 0 Å². The highest BCUT2D eigenvalue weighted by atomic mass is 16.3. The Bertz CT molecular complexity index is 556. The highest BCUT2D eigenvalue weighted by Gasteiger charge is 2.30. The summed E-state index contributed by atoms with van der Waals surface area (Å²) < 4.78 is 0. The van der Waals surface area contributed by atoms with Crippen LogP contribution in [0.25, 0.3) is 0 Å². The number of benzene rings is 1. The molecule has 128 valence electrons. The average molecular weight is 320 g/mol. The Kier molecular flexibility index (Phi) is 6.33. The number of likely N-dealkylation sites (N-methyl/N-ethyl adjacent to an activating group) is 1. The van der Waals surface area contributed by atoms with Crippen LogP contribution in [0.15, 0.2) is 18.2 Å². The van der Waals surface area contributed by atoms with Gasteiger partial charge in [0.2, 0.25) is 5.91 Å². The summed E-state index contributed by atoms with van der Waals surface area (Å²) in [6.45, 7) is 9.55. The Hall–Kier alpha value is -1.88. The van der Waals surface area contributed by atoms with Gasteiger partial charge in [-0.3, -0.25) is 9.59 Å². The lowest BCUT2D eigenvalue weighted by Gasteiger charge is -2.36. The number of nitrogens with zero attached hydrogens (tertiary/aromatic N) is 1. The van der Waals surface area contributed by atoms with Crippen LogP contribution in [0.4, 0.5) is 0 Å². The molecular weight excluding hydrogens is 292 g/mol. The van der Waals surface area contributed by atoms with Gasteiger partial charge in [-0.15, -0.1) is 0 Å². The number of rotatable bonds is 5. The number of carbonyl (C=O) groups is 2. The predicted molar refractivity (Wildman–Crippen MR) is 91.3 cm³/mol. The van der Waals surface area contributed by atoms with Crippen molar-refractivity contribution in [2.45, 2.75) is 40.7 Å². The SMILES string of the molecule is Cc1cc(C)cc(C(=O)NCC(=O)N(C)C(CO)C(C)(C)C)c1. The molecule has 0 saturated carbocycles. The molecule has 0 aromatic heterocycles. The van der Waals surface area contributed by atoms with E-state index in [4.69, 9.17) is 0 Å². The van der Waals surface area contributed by atoms with Gasteiger partial charge in [0.15, 0.2) is 0 Å². The van der Waals surface area contributed by atoms with E-state index in [9.17, 15) is 14.7 Å². The quantitative estimate of drug-likeness (QED) is 0.870. The van der Waals surface area contributed by atoms with Gasteiger partial charge >= 0.3 is 0 Å². The second-order valence-corrected chi connectivity index (χ2v) is 7.13. The lowest BCUT2D eigenvalue weighted by molar-refractivity contribution is -0.134. The number of aliphatic hydroxyl groups is 1. The van der Waals surface area contributed by atoms with Crippen LogP contribution in [0, 0.1) is 19.3 Å². The van der Waals surface area contributed by atoms with E-state index < -0.39 is 0 Å².